The van der Waals surface area contributed by atoms with E-state index in [1.165, 1.54) is 17.0 Å². The Balaban J connectivity index is 1.65. The van der Waals surface area contributed by atoms with Crippen LogP contribution >= 0.6 is 11.3 Å². The summed E-state index contributed by atoms with van der Waals surface area (Å²) in [5.41, 5.74) is 1.98. The van der Waals surface area contributed by atoms with E-state index < -0.39 is 5.54 Å². The van der Waals surface area contributed by atoms with Crippen LogP contribution in [-0.2, 0) is 11.2 Å². The molecule has 3 aromatic rings. The molecule has 1 atom stereocenters. The highest BCUT2D eigenvalue weighted by molar-refractivity contribution is 7.10. The van der Waals surface area contributed by atoms with Gasteiger partial charge in [0.1, 0.15) is 12.4 Å². The lowest BCUT2D eigenvalue weighted by Crippen LogP contribution is -2.52. The summed E-state index contributed by atoms with van der Waals surface area (Å²) in [4.78, 5) is 31.6. The average Bonchev–Trinajstić information content (AvgIpc) is 3.25. The number of thiophene rings is 1. The van der Waals surface area contributed by atoms with Gasteiger partial charge in [0.05, 0.1) is 6.04 Å². The molecule has 4 nitrogen and oxygen atoms in total. The van der Waals surface area contributed by atoms with Crippen molar-refractivity contribution in [3.05, 3.63) is 93.4 Å². The topological polar surface area (TPSA) is 40.6 Å². The molecule has 2 amide bonds. The molecule has 0 saturated heterocycles. The van der Waals surface area contributed by atoms with Crippen LogP contribution in [0.2, 0.25) is 0 Å². The molecule has 4 rings (SSSR count). The maximum Gasteiger partial charge on any atom is 0.254 e. The zero-order valence-electron chi connectivity index (χ0n) is 18.5. The summed E-state index contributed by atoms with van der Waals surface area (Å²) in [6.07, 6.45) is 0.776. The molecule has 1 unspecified atom stereocenters. The van der Waals surface area contributed by atoms with Crippen molar-refractivity contribution in [2.75, 3.05) is 13.1 Å². The fraction of sp³-hybridized carbons (Fsp3) is 0.308. The van der Waals surface area contributed by atoms with Crippen molar-refractivity contribution in [2.45, 2.75) is 38.8 Å². The smallest absolute Gasteiger partial charge is 0.254 e. The minimum absolute atomic E-state index is 0.0195. The predicted molar refractivity (Wildman–Crippen MR) is 125 cm³/mol. The van der Waals surface area contributed by atoms with Crippen LogP contribution in [0.1, 0.15) is 53.2 Å². The Morgan fingerprint density at radius 2 is 1.75 bits per heavy atom. The second-order valence-corrected chi connectivity index (χ2v) is 10.0. The molecule has 0 radical (unpaired) electrons. The summed E-state index contributed by atoms with van der Waals surface area (Å²) in [7, 11) is 0. The molecule has 1 aliphatic rings. The van der Waals surface area contributed by atoms with Crippen molar-refractivity contribution < 1.29 is 14.0 Å². The molecule has 0 spiro atoms. The second-order valence-electron chi connectivity index (χ2n) is 9.02. The van der Waals surface area contributed by atoms with Gasteiger partial charge in [0, 0.05) is 22.5 Å². The van der Waals surface area contributed by atoms with Crippen molar-refractivity contribution >= 4 is 23.2 Å². The summed E-state index contributed by atoms with van der Waals surface area (Å²) in [5.74, 6) is -0.589. The first-order valence-corrected chi connectivity index (χ1v) is 11.6. The van der Waals surface area contributed by atoms with E-state index in [1.54, 1.807) is 40.5 Å². The molecule has 0 aliphatic carbocycles. The molecule has 2 heterocycles. The van der Waals surface area contributed by atoms with Crippen molar-refractivity contribution in [3.8, 4) is 0 Å². The molecule has 2 aromatic carbocycles. The van der Waals surface area contributed by atoms with Crippen molar-refractivity contribution in [2.24, 2.45) is 0 Å². The van der Waals surface area contributed by atoms with Gasteiger partial charge in [-0.15, -0.1) is 11.3 Å². The number of carbonyl (C=O) groups is 2. The van der Waals surface area contributed by atoms with E-state index in [9.17, 15) is 14.0 Å². The molecule has 166 valence electrons. The molecule has 0 saturated carbocycles. The summed E-state index contributed by atoms with van der Waals surface area (Å²) < 4.78 is 13.6. The quantitative estimate of drug-likeness (QED) is 0.541. The molecule has 0 N–H and O–H groups in total. The van der Waals surface area contributed by atoms with E-state index in [-0.39, 0.29) is 30.2 Å². The zero-order chi connectivity index (χ0) is 22.9. The Labute approximate surface area is 192 Å². The molecule has 0 fully saturated rings. The van der Waals surface area contributed by atoms with E-state index in [4.69, 9.17) is 0 Å². The first kappa shape index (κ1) is 22.2. The van der Waals surface area contributed by atoms with Gasteiger partial charge >= 0.3 is 0 Å². The van der Waals surface area contributed by atoms with Crippen LogP contribution in [0.15, 0.2) is 66.0 Å². The number of benzene rings is 2. The van der Waals surface area contributed by atoms with E-state index in [1.807, 2.05) is 55.3 Å². The van der Waals surface area contributed by atoms with Crippen LogP contribution in [0.3, 0.4) is 0 Å². The molecule has 1 aromatic heterocycles. The lowest BCUT2D eigenvalue weighted by Gasteiger charge is -2.40. The SMILES string of the molecule is CC(C)(C)N(CC(=O)N1CCc2sccc2C1c1ccc(F)cc1)C(=O)c1ccccc1. The number of hydrogen-bond donors (Lipinski definition) is 0. The maximum absolute atomic E-state index is 13.6. The lowest BCUT2D eigenvalue weighted by molar-refractivity contribution is -0.135. The van der Waals surface area contributed by atoms with E-state index in [0.717, 1.165) is 17.5 Å². The van der Waals surface area contributed by atoms with Gasteiger partial charge in [0.25, 0.3) is 5.91 Å². The Hall–Kier alpha value is -2.99. The highest BCUT2D eigenvalue weighted by atomic mass is 32.1. The van der Waals surface area contributed by atoms with Gasteiger partial charge in [0.2, 0.25) is 5.91 Å². The molecular formula is C26H27FN2O2S. The van der Waals surface area contributed by atoms with Crippen molar-refractivity contribution in [3.63, 3.8) is 0 Å². The Morgan fingerprint density at radius 1 is 1.06 bits per heavy atom. The predicted octanol–water partition coefficient (Wildman–Crippen LogP) is 5.30. The van der Waals surface area contributed by atoms with Crippen LogP contribution < -0.4 is 0 Å². The lowest BCUT2D eigenvalue weighted by atomic mass is 9.93. The molecular weight excluding hydrogens is 423 g/mol. The van der Waals surface area contributed by atoms with E-state index in [2.05, 4.69) is 0 Å². The number of amides is 2. The van der Waals surface area contributed by atoms with Crippen LogP contribution in [0.25, 0.3) is 0 Å². The van der Waals surface area contributed by atoms with Gasteiger partial charge in [-0.25, -0.2) is 4.39 Å². The third-order valence-corrected chi connectivity index (χ3v) is 6.84. The van der Waals surface area contributed by atoms with Gasteiger partial charge in [-0.1, -0.05) is 30.3 Å². The fourth-order valence-corrected chi connectivity index (χ4v) is 5.07. The molecule has 1 aliphatic heterocycles. The normalized spacial score (nSPS) is 15.9. The summed E-state index contributed by atoms with van der Waals surface area (Å²) >= 11 is 1.68. The van der Waals surface area contributed by atoms with Crippen LogP contribution in [0.5, 0.6) is 0 Å². The first-order valence-electron chi connectivity index (χ1n) is 10.7. The largest absolute Gasteiger partial charge is 0.330 e. The van der Waals surface area contributed by atoms with Gasteiger partial charge in [0.15, 0.2) is 0 Å². The minimum Gasteiger partial charge on any atom is -0.330 e. The average molecular weight is 451 g/mol. The Bertz CT molecular complexity index is 1100. The highest BCUT2D eigenvalue weighted by Crippen LogP contribution is 2.38. The number of halogens is 1. The number of fused-ring (bicyclic) bond motifs is 1. The third kappa shape index (κ3) is 4.46. The molecule has 0 bridgehead atoms. The number of hydrogen-bond acceptors (Lipinski definition) is 3. The number of carbonyl (C=O) groups excluding carboxylic acids is 2. The first-order chi connectivity index (χ1) is 15.3. The second kappa shape index (κ2) is 8.87. The van der Waals surface area contributed by atoms with Gasteiger partial charge in [-0.3, -0.25) is 9.59 Å². The standard InChI is InChI=1S/C26H27FN2O2S/c1-26(2,3)29(25(31)19-7-5-4-6-8-19)17-23(30)28-15-13-22-21(14-16-32-22)24(28)18-9-11-20(27)12-10-18/h4-12,14,16,24H,13,15,17H2,1-3H3. The van der Waals surface area contributed by atoms with E-state index in [0.29, 0.717) is 12.1 Å². The molecule has 32 heavy (non-hydrogen) atoms. The van der Waals surface area contributed by atoms with Gasteiger partial charge in [-0.2, -0.15) is 0 Å². The maximum atomic E-state index is 13.6. The number of rotatable bonds is 4. The summed E-state index contributed by atoms with van der Waals surface area (Å²) in [6, 6.07) is 17.1. The van der Waals surface area contributed by atoms with E-state index >= 15 is 0 Å². The Morgan fingerprint density at radius 3 is 2.41 bits per heavy atom. The van der Waals surface area contributed by atoms with Gasteiger partial charge < -0.3 is 9.80 Å². The van der Waals surface area contributed by atoms with Gasteiger partial charge in [-0.05, 0) is 74.0 Å². The van der Waals surface area contributed by atoms with Crippen LogP contribution in [0.4, 0.5) is 4.39 Å². The van der Waals surface area contributed by atoms with Crippen LogP contribution in [0, 0.1) is 5.82 Å². The molecule has 6 heteroatoms. The summed E-state index contributed by atoms with van der Waals surface area (Å²) in [6.45, 7) is 6.35. The van der Waals surface area contributed by atoms with Crippen LogP contribution in [-0.4, -0.2) is 40.2 Å². The summed E-state index contributed by atoms with van der Waals surface area (Å²) in [5, 5.41) is 2.04. The highest BCUT2D eigenvalue weighted by Gasteiger charge is 2.36. The van der Waals surface area contributed by atoms with Crippen molar-refractivity contribution in [1.82, 2.24) is 9.80 Å². The Kier molecular flexibility index (Phi) is 6.15. The number of nitrogens with zero attached hydrogens (tertiary/aromatic N) is 2. The third-order valence-electron chi connectivity index (χ3n) is 5.84. The zero-order valence-corrected chi connectivity index (χ0v) is 19.4. The van der Waals surface area contributed by atoms with Crippen molar-refractivity contribution in [1.29, 1.82) is 0 Å². The minimum atomic E-state index is -0.530. The fourth-order valence-electron chi connectivity index (χ4n) is 4.17. The monoisotopic (exact) mass is 450 g/mol.